The van der Waals surface area contributed by atoms with Gasteiger partial charge in [0, 0.05) is 58.6 Å². The summed E-state index contributed by atoms with van der Waals surface area (Å²) in [4.78, 5) is 20.9. The molecule has 10 nitrogen and oxygen atoms in total. The SMILES string of the molecule is C/C=C\C.CC/C=C(\C)N=C(OC)N1CCN(S(=O)(=O)C2(C(N)=O)CCN(CCOC)CC2)CC1. The molecule has 202 valence electrons. The van der Waals surface area contributed by atoms with Crippen LogP contribution in [0, 0.1) is 0 Å². The second kappa shape index (κ2) is 15.2. The number of sulfonamides is 1. The number of amidine groups is 1. The van der Waals surface area contributed by atoms with Crippen molar-refractivity contribution in [3.63, 3.8) is 0 Å². The zero-order valence-corrected chi connectivity index (χ0v) is 23.1. The van der Waals surface area contributed by atoms with Crippen LogP contribution in [-0.2, 0) is 24.3 Å². The number of nitrogens with zero attached hydrogens (tertiary/aromatic N) is 4. The first-order valence-electron chi connectivity index (χ1n) is 12.3. The van der Waals surface area contributed by atoms with Crippen molar-refractivity contribution in [2.75, 3.05) is 66.6 Å². The third-order valence-electron chi connectivity index (χ3n) is 6.35. The average molecular weight is 516 g/mol. The lowest BCUT2D eigenvalue weighted by molar-refractivity contribution is -0.121. The lowest BCUT2D eigenvalue weighted by Gasteiger charge is -2.43. The largest absolute Gasteiger partial charge is 0.468 e. The van der Waals surface area contributed by atoms with Crippen molar-refractivity contribution in [2.45, 2.75) is 51.7 Å². The minimum absolute atomic E-state index is 0.195. The Morgan fingerprint density at radius 1 is 1.06 bits per heavy atom. The molecule has 11 heteroatoms. The van der Waals surface area contributed by atoms with Crippen molar-refractivity contribution >= 4 is 22.0 Å². The third-order valence-corrected chi connectivity index (χ3v) is 9.00. The Morgan fingerprint density at radius 2 is 1.63 bits per heavy atom. The highest BCUT2D eigenvalue weighted by Crippen LogP contribution is 2.33. The molecule has 0 saturated carbocycles. The van der Waals surface area contributed by atoms with Crippen LogP contribution in [0.15, 0.2) is 28.9 Å². The normalized spacial score (nSPS) is 20.5. The van der Waals surface area contributed by atoms with Gasteiger partial charge in [-0.3, -0.25) is 4.79 Å². The molecule has 0 unspecified atom stereocenters. The average Bonchev–Trinajstić information content (AvgIpc) is 2.86. The summed E-state index contributed by atoms with van der Waals surface area (Å²) in [5.41, 5.74) is 6.53. The molecule has 2 rings (SSSR count). The van der Waals surface area contributed by atoms with E-state index >= 15 is 0 Å². The van der Waals surface area contributed by atoms with Crippen molar-refractivity contribution in [3.8, 4) is 0 Å². The molecule has 0 spiro atoms. The number of ether oxygens (including phenoxy) is 2. The van der Waals surface area contributed by atoms with Gasteiger partial charge in [0.1, 0.15) is 0 Å². The van der Waals surface area contributed by atoms with Crippen LogP contribution in [0.2, 0.25) is 0 Å². The number of piperidine rings is 1. The summed E-state index contributed by atoms with van der Waals surface area (Å²) in [5, 5.41) is 0. The van der Waals surface area contributed by atoms with Gasteiger partial charge in [-0.25, -0.2) is 13.4 Å². The van der Waals surface area contributed by atoms with Crippen molar-refractivity contribution in [1.82, 2.24) is 14.1 Å². The fourth-order valence-corrected chi connectivity index (χ4v) is 6.18. The Balaban J connectivity index is 0.00000142. The summed E-state index contributed by atoms with van der Waals surface area (Å²) in [7, 11) is -0.711. The fraction of sp³-hybridized carbons (Fsp3) is 0.750. The van der Waals surface area contributed by atoms with E-state index in [9.17, 15) is 13.2 Å². The van der Waals surface area contributed by atoms with Crippen LogP contribution in [0.25, 0.3) is 0 Å². The molecule has 0 radical (unpaired) electrons. The number of methoxy groups -OCH3 is 2. The number of carbonyl (C=O) groups excluding carboxylic acids is 1. The van der Waals surface area contributed by atoms with E-state index < -0.39 is 20.7 Å². The van der Waals surface area contributed by atoms with Gasteiger partial charge < -0.3 is 25.0 Å². The molecule has 2 fully saturated rings. The summed E-state index contributed by atoms with van der Waals surface area (Å²) in [6.45, 7) is 11.6. The number of hydrogen-bond acceptors (Lipinski definition) is 7. The van der Waals surface area contributed by atoms with Gasteiger partial charge in [-0.2, -0.15) is 4.31 Å². The molecular weight excluding hydrogens is 470 g/mol. The zero-order valence-electron chi connectivity index (χ0n) is 22.3. The van der Waals surface area contributed by atoms with E-state index in [4.69, 9.17) is 15.2 Å². The van der Waals surface area contributed by atoms with Gasteiger partial charge in [-0.15, -0.1) is 0 Å². The lowest BCUT2D eigenvalue weighted by Crippen LogP contribution is -2.63. The number of likely N-dealkylation sites (tertiary alicyclic amines) is 1. The first-order chi connectivity index (χ1) is 16.6. The zero-order chi connectivity index (χ0) is 26.5. The number of piperazine rings is 1. The molecule has 0 aromatic heterocycles. The number of aliphatic imine (C=N–C) groups is 1. The van der Waals surface area contributed by atoms with Gasteiger partial charge in [-0.1, -0.05) is 25.2 Å². The van der Waals surface area contributed by atoms with E-state index in [1.165, 1.54) is 4.31 Å². The Bertz CT molecular complexity index is 836. The molecule has 1 amide bonds. The summed E-state index contributed by atoms with van der Waals surface area (Å²) >= 11 is 0. The van der Waals surface area contributed by atoms with Crippen LogP contribution in [0.3, 0.4) is 0 Å². The molecule has 2 aliphatic heterocycles. The van der Waals surface area contributed by atoms with Crippen LogP contribution in [0.5, 0.6) is 0 Å². The summed E-state index contributed by atoms with van der Waals surface area (Å²) in [6.07, 6.45) is 7.26. The Kier molecular flexibility index (Phi) is 13.5. The highest BCUT2D eigenvalue weighted by atomic mass is 32.2. The molecule has 0 bridgehead atoms. The maximum atomic E-state index is 13.5. The molecule has 2 N–H and O–H groups in total. The maximum absolute atomic E-state index is 13.5. The van der Waals surface area contributed by atoms with E-state index in [1.807, 2.05) is 50.8 Å². The molecule has 2 heterocycles. The Labute approximate surface area is 211 Å². The summed E-state index contributed by atoms with van der Waals surface area (Å²) in [6, 6.07) is 0.468. The predicted molar refractivity (Wildman–Crippen MR) is 141 cm³/mol. The van der Waals surface area contributed by atoms with Gasteiger partial charge >= 0.3 is 0 Å². The van der Waals surface area contributed by atoms with Crippen molar-refractivity contribution < 1.29 is 22.7 Å². The van der Waals surface area contributed by atoms with E-state index in [2.05, 4.69) is 9.89 Å². The molecule has 0 atom stereocenters. The third kappa shape index (κ3) is 8.30. The highest BCUT2D eigenvalue weighted by Gasteiger charge is 2.54. The lowest BCUT2D eigenvalue weighted by atomic mass is 9.95. The minimum Gasteiger partial charge on any atom is -0.468 e. The Hall–Kier alpha value is -1.95. The Morgan fingerprint density at radius 3 is 2.06 bits per heavy atom. The van der Waals surface area contributed by atoms with Crippen LogP contribution in [0.4, 0.5) is 0 Å². The van der Waals surface area contributed by atoms with Crippen molar-refractivity contribution in [1.29, 1.82) is 0 Å². The number of rotatable bonds is 8. The van der Waals surface area contributed by atoms with Crippen LogP contribution in [0.1, 0.15) is 47.0 Å². The monoisotopic (exact) mass is 515 g/mol. The van der Waals surface area contributed by atoms with Crippen LogP contribution in [-0.4, -0.2) is 106 Å². The molecular formula is C24H45N5O5S. The first-order valence-corrected chi connectivity index (χ1v) is 13.7. The minimum atomic E-state index is -3.90. The summed E-state index contributed by atoms with van der Waals surface area (Å²) < 4.78 is 37.4. The second-order valence-electron chi connectivity index (χ2n) is 8.60. The van der Waals surface area contributed by atoms with E-state index in [-0.39, 0.29) is 25.9 Å². The number of allylic oxidation sites excluding steroid dienone is 4. The van der Waals surface area contributed by atoms with Crippen LogP contribution >= 0.6 is 0 Å². The first kappa shape index (κ1) is 31.1. The standard InChI is InChI=1S/C20H37N5O5S.C4H8/c1-5-6-17(2)22-19(30-4)24-11-13-25(14-12-24)31(27,28)20(18(21)26)7-9-23(10-8-20)15-16-29-3;1-3-4-2/h6H,5,7-16H2,1-4H3,(H2,21,26);3-4H,1-2H3/b17-6+,22-19?;4-3-. The number of amides is 1. The van der Waals surface area contributed by atoms with Crippen LogP contribution < -0.4 is 5.73 Å². The number of nitrogens with two attached hydrogens (primary N) is 1. The van der Waals surface area contributed by atoms with Gasteiger partial charge in [0.05, 0.1) is 13.7 Å². The molecule has 2 saturated heterocycles. The molecule has 0 aromatic carbocycles. The van der Waals surface area contributed by atoms with E-state index in [0.29, 0.717) is 45.4 Å². The van der Waals surface area contributed by atoms with Gasteiger partial charge in [0.15, 0.2) is 4.75 Å². The van der Waals surface area contributed by atoms with E-state index in [0.717, 1.165) is 12.1 Å². The predicted octanol–water partition coefficient (Wildman–Crippen LogP) is 1.80. The molecule has 35 heavy (non-hydrogen) atoms. The van der Waals surface area contributed by atoms with Crippen molar-refractivity contribution in [3.05, 3.63) is 23.9 Å². The van der Waals surface area contributed by atoms with Gasteiger partial charge in [0.25, 0.3) is 6.02 Å². The molecule has 0 aliphatic carbocycles. The number of primary amides is 1. The van der Waals surface area contributed by atoms with Gasteiger partial charge in [-0.05, 0) is 40.0 Å². The molecule has 0 aromatic rings. The number of hydrogen-bond donors (Lipinski definition) is 1. The second-order valence-corrected chi connectivity index (χ2v) is 10.9. The van der Waals surface area contributed by atoms with E-state index in [1.54, 1.807) is 14.2 Å². The quantitative estimate of drug-likeness (QED) is 0.297. The highest BCUT2D eigenvalue weighted by molar-refractivity contribution is 7.91. The topological polar surface area (TPSA) is 118 Å². The summed E-state index contributed by atoms with van der Waals surface area (Å²) in [5.74, 6) is -0.763. The fourth-order valence-electron chi connectivity index (χ4n) is 4.09. The smallest absolute Gasteiger partial charge is 0.292 e. The van der Waals surface area contributed by atoms with Crippen molar-refractivity contribution in [2.24, 2.45) is 10.7 Å². The molecule has 2 aliphatic rings. The maximum Gasteiger partial charge on any atom is 0.292 e. The van der Waals surface area contributed by atoms with Gasteiger partial charge in [0.2, 0.25) is 15.9 Å². The number of carbonyl (C=O) groups is 1.